The van der Waals surface area contributed by atoms with Crippen LogP contribution in [0.15, 0.2) is 42.5 Å². The molecule has 0 aliphatic rings. The van der Waals surface area contributed by atoms with Gasteiger partial charge in [0.05, 0.1) is 5.56 Å². The van der Waals surface area contributed by atoms with E-state index in [0.717, 1.165) is 0 Å². The molecule has 1 amide bonds. The number of nitrogens with two attached hydrogens (primary N) is 2. The molecule has 0 fully saturated rings. The molecule has 21 heavy (non-hydrogen) atoms. The highest BCUT2D eigenvalue weighted by Crippen LogP contribution is 2.18. The van der Waals surface area contributed by atoms with E-state index in [2.05, 4.69) is 0 Å². The van der Waals surface area contributed by atoms with Crippen LogP contribution in [0.3, 0.4) is 0 Å². The van der Waals surface area contributed by atoms with Crippen molar-refractivity contribution in [2.24, 2.45) is 5.73 Å². The van der Waals surface area contributed by atoms with Gasteiger partial charge in [-0.1, -0.05) is 29.8 Å². The largest absolute Gasteiger partial charge is 0.457 e. The molecule has 0 bridgehead atoms. The Morgan fingerprint density at radius 3 is 2.52 bits per heavy atom. The molecule has 2 aromatic carbocycles. The second-order valence-corrected chi connectivity index (χ2v) is 4.81. The van der Waals surface area contributed by atoms with Crippen molar-refractivity contribution in [2.45, 2.75) is 6.61 Å². The lowest BCUT2D eigenvalue weighted by Gasteiger charge is -2.08. The molecule has 5 nitrogen and oxygen atoms in total. The highest BCUT2D eigenvalue weighted by molar-refractivity contribution is 6.31. The van der Waals surface area contributed by atoms with Gasteiger partial charge in [0, 0.05) is 21.8 Å². The number of carbonyl (C=O) groups excluding carboxylic acids is 2. The molecule has 0 aromatic heterocycles. The summed E-state index contributed by atoms with van der Waals surface area (Å²) in [6, 6.07) is 11.1. The molecule has 108 valence electrons. The third-order valence-electron chi connectivity index (χ3n) is 2.80. The van der Waals surface area contributed by atoms with Crippen LogP contribution in [-0.4, -0.2) is 11.9 Å². The Labute approximate surface area is 126 Å². The first kappa shape index (κ1) is 14.9. The van der Waals surface area contributed by atoms with Gasteiger partial charge in [-0.25, -0.2) is 4.79 Å². The Balaban J connectivity index is 2.13. The fourth-order valence-electron chi connectivity index (χ4n) is 1.84. The number of benzene rings is 2. The lowest BCUT2D eigenvalue weighted by Crippen LogP contribution is -2.15. The lowest BCUT2D eigenvalue weighted by molar-refractivity contribution is 0.0470. The van der Waals surface area contributed by atoms with Gasteiger partial charge in [-0.3, -0.25) is 4.79 Å². The van der Waals surface area contributed by atoms with Gasteiger partial charge in [0.15, 0.2) is 0 Å². The van der Waals surface area contributed by atoms with E-state index >= 15 is 0 Å². The fourth-order valence-corrected chi connectivity index (χ4v) is 2.09. The summed E-state index contributed by atoms with van der Waals surface area (Å²) in [5, 5.41) is 0.347. The van der Waals surface area contributed by atoms with Crippen LogP contribution >= 0.6 is 11.6 Å². The van der Waals surface area contributed by atoms with E-state index in [9.17, 15) is 9.59 Å². The third-order valence-corrected chi connectivity index (χ3v) is 3.02. The van der Waals surface area contributed by atoms with E-state index in [1.54, 1.807) is 24.3 Å². The smallest absolute Gasteiger partial charge is 0.338 e. The molecule has 0 spiro atoms. The van der Waals surface area contributed by atoms with Gasteiger partial charge in [0.25, 0.3) is 0 Å². The van der Waals surface area contributed by atoms with E-state index in [-0.39, 0.29) is 12.2 Å². The van der Waals surface area contributed by atoms with Crippen molar-refractivity contribution in [2.75, 3.05) is 5.73 Å². The molecule has 0 saturated carbocycles. The summed E-state index contributed by atoms with van der Waals surface area (Å²) < 4.78 is 5.15. The quantitative estimate of drug-likeness (QED) is 0.669. The second kappa shape index (κ2) is 6.28. The Kier molecular flexibility index (Phi) is 4.45. The average molecular weight is 305 g/mol. The maximum absolute atomic E-state index is 12.0. The summed E-state index contributed by atoms with van der Waals surface area (Å²) >= 11 is 5.83. The van der Waals surface area contributed by atoms with E-state index < -0.39 is 11.9 Å². The van der Waals surface area contributed by atoms with Gasteiger partial charge in [-0.05, 0) is 24.3 Å². The molecule has 0 atom stereocenters. The highest BCUT2D eigenvalue weighted by atomic mass is 35.5. The van der Waals surface area contributed by atoms with E-state index in [1.165, 1.54) is 18.2 Å². The molecule has 6 heteroatoms. The van der Waals surface area contributed by atoms with Crippen LogP contribution in [0.5, 0.6) is 0 Å². The van der Waals surface area contributed by atoms with Crippen LogP contribution in [0.2, 0.25) is 5.02 Å². The predicted molar refractivity (Wildman–Crippen MR) is 79.9 cm³/mol. The topological polar surface area (TPSA) is 95.4 Å². The number of nitrogen functional groups attached to an aromatic ring is 1. The Hall–Kier alpha value is -2.53. The minimum Gasteiger partial charge on any atom is -0.457 e. The number of hydrogen-bond acceptors (Lipinski definition) is 4. The van der Waals surface area contributed by atoms with Gasteiger partial charge in [-0.15, -0.1) is 0 Å². The zero-order valence-corrected chi connectivity index (χ0v) is 11.8. The molecule has 4 N–H and O–H groups in total. The van der Waals surface area contributed by atoms with Gasteiger partial charge in [0.2, 0.25) is 5.91 Å². The number of primary amides is 1. The summed E-state index contributed by atoms with van der Waals surface area (Å²) in [5.74, 6) is -1.16. The van der Waals surface area contributed by atoms with Crippen molar-refractivity contribution >= 4 is 29.2 Å². The van der Waals surface area contributed by atoms with Crippen molar-refractivity contribution in [3.8, 4) is 0 Å². The SMILES string of the molecule is NC(=O)c1ccccc1COC(=O)c1cc(N)cc(Cl)c1. The molecule has 2 rings (SSSR count). The molecule has 0 aliphatic carbocycles. The van der Waals surface area contributed by atoms with Crippen molar-refractivity contribution in [3.63, 3.8) is 0 Å². The summed E-state index contributed by atoms with van der Waals surface area (Å²) in [7, 11) is 0. The third kappa shape index (κ3) is 3.73. The van der Waals surface area contributed by atoms with Crippen LogP contribution < -0.4 is 11.5 Å². The van der Waals surface area contributed by atoms with Crippen LogP contribution in [0.4, 0.5) is 5.69 Å². The van der Waals surface area contributed by atoms with Crippen LogP contribution in [0, 0.1) is 0 Å². The van der Waals surface area contributed by atoms with Crippen molar-refractivity contribution in [1.29, 1.82) is 0 Å². The summed E-state index contributed by atoms with van der Waals surface area (Å²) in [6.07, 6.45) is 0. The summed E-state index contributed by atoms with van der Waals surface area (Å²) in [6.45, 7) is -0.0651. The number of anilines is 1. The van der Waals surface area contributed by atoms with Gasteiger partial charge in [0.1, 0.15) is 6.61 Å². The Morgan fingerprint density at radius 2 is 1.86 bits per heavy atom. The standard InChI is InChI=1S/C15H13ClN2O3/c16-11-5-10(6-12(17)7-11)15(20)21-8-9-3-1-2-4-13(9)14(18)19/h1-7H,8,17H2,(H2,18,19). The van der Waals surface area contributed by atoms with Gasteiger partial charge in [-0.2, -0.15) is 0 Å². The van der Waals surface area contributed by atoms with Crippen LogP contribution in [0.25, 0.3) is 0 Å². The second-order valence-electron chi connectivity index (χ2n) is 4.37. The fraction of sp³-hybridized carbons (Fsp3) is 0.0667. The van der Waals surface area contributed by atoms with E-state index in [1.807, 2.05) is 0 Å². The molecule has 0 heterocycles. The van der Waals surface area contributed by atoms with Crippen molar-refractivity contribution in [3.05, 3.63) is 64.2 Å². The van der Waals surface area contributed by atoms with Crippen LogP contribution in [-0.2, 0) is 11.3 Å². The Bertz CT molecular complexity index is 681. The molecule has 0 unspecified atom stereocenters. The lowest BCUT2D eigenvalue weighted by atomic mass is 10.1. The molecular formula is C15H13ClN2O3. The van der Waals surface area contributed by atoms with Gasteiger partial charge >= 0.3 is 5.97 Å². The first-order chi connectivity index (χ1) is 9.97. The highest BCUT2D eigenvalue weighted by Gasteiger charge is 2.12. The molecule has 2 aromatic rings. The normalized spacial score (nSPS) is 10.1. The van der Waals surface area contributed by atoms with E-state index in [0.29, 0.717) is 21.8 Å². The number of amides is 1. The van der Waals surface area contributed by atoms with Crippen molar-refractivity contribution < 1.29 is 14.3 Å². The van der Waals surface area contributed by atoms with E-state index in [4.69, 9.17) is 27.8 Å². The molecular weight excluding hydrogens is 292 g/mol. The maximum Gasteiger partial charge on any atom is 0.338 e. The number of esters is 1. The predicted octanol–water partition coefficient (Wildman–Crippen LogP) is 2.38. The molecule has 0 aliphatic heterocycles. The van der Waals surface area contributed by atoms with Gasteiger partial charge < -0.3 is 16.2 Å². The average Bonchev–Trinajstić information content (AvgIpc) is 2.43. The number of carbonyl (C=O) groups is 2. The monoisotopic (exact) mass is 304 g/mol. The van der Waals surface area contributed by atoms with Crippen LogP contribution in [0.1, 0.15) is 26.3 Å². The minimum absolute atomic E-state index is 0.0651. The zero-order valence-electron chi connectivity index (χ0n) is 11.0. The Morgan fingerprint density at radius 1 is 1.14 bits per heavy atom. The van der Waals surface area contributed by atoms with Crippen molar-refractivity contribution in [1.82, 2.24) is 0 Å². The zero-order chi connectivity index (χ0) is 15.4. The molecule has 0 saturated heterocycles. The number of ether oxygens (including phenoxy) is 1. The number of halogens is 1. The first-order valence-corrected chi connectivity index (χ1v) is 6.46. The maximum atomic E-state index is 12.0. The summed E-state index contributed by atoms with van der Waals surface area (Å²) in [5.41, 5.74) is 12.3. The first-order valence-electron chi connectivity index (χ1n) is 6.08. The molecule has 0 radical (unpaired) electrons. The number of hydrogen-bond donors (Lipinski definition) is 2. The number of rotatable bonds is 4. The summed E-state index contributed by atoms with van der Waals surface area (Å²) in [4.78, 5) is 23.2. The minimum atomic E-state index is -0.580.